The van der Waals surface area contributed by atoms with E-state index in [0.717, 1.165) is 18.4 Å². The molecule has 1 fully saturated rings. The fraction of sp³-hybridized carbons (Fsp3) is 0.355. The fourth-order valence-corrected chi connectivity index (χ4v) is 5.37. The van der Waals surface area contributed by atoms with Crippen molar-refractivity contribution in [3.63, 3.8) is 0 Å². The van der Waals surface area contributed by atoms with Crippen LogP contribution in [0, 0.1) is 0 Å². The SMILES string of the molecule is CCOc1cc([C@H](C(=O)NC[C@H]2CCCO2)N(Cc2ccc3c(c2)OCO3)C(=O)Cn2nnc3ccccc32)ccc1O. The van der Waals surface area contributed by atoms with Crippen LogP contribution in [0.1, 0.15) is 36.9 Å². The van der Waals surface area contributed by atoms with Crippen molar-refractivity contribution in [1.82, 2.24) is 25.2 Å². The summed E-state index contributed by atoms with van der Waals surface area (Å²) in [6.45, 7) is 3.11. The van der Waals surface area contributed by atoms with Crippen molar-refractivity contribution in [3.05, 3.63) is 71.8 Å². The second kappa shape index (κ2) is 12.6. The van der Waals surface area contributed by atoms with Crippen molar-refractivity contribution in [2.45, 2.75) is 45.0 Å². The maximum Gasteiger partial charge on any atom is 0.247 e. The van der Waals surface area contributed by atoms with Crippen LogP contribution in [0.2, 0.25) is 0 Å². The van der Waals surface area contributed by atoms with Gasteiger partial charge in [-0.1, -0.05) is 29.5 Å². The summed E-state index contributed by atoms with van der Waals surface area (Å²) >= 11 is 0. The quantitative estimate of drug-likeness (QED) is 0.271. The first kappa shape index (κ1) is 28.3. The van der Waals surface area contributed by atoms with E-state index in [-0.39, 0.29) is 49.3 Å². The van der Waals surface area contributed by atoms with Crippen molar-refractivity contribution < 1.29 is 33.6 Å². The highest BCUT2D eigenvalue weighted by atomic mass is 16.7. The van der Waals surface area contributed by atoms with E-state index in [1.807, 2.05) is 30.3 Å². The smallest absolute Gasteiger partial charge is 0.247 e. The molecule has 0 spiro atoms. The van der Waals surface area contributed by atoms with Gasteiger partial charge in [0.25, 0.3) is 0 Å². The monoisotopic (exact) mass is 587 g/mol. The predicted molar refractivity (Wildman–Crippen MR) is 155 cm³/mol. The van der Waals surface area contributed by atoms with Gasteiger partial charge >= 0.3 is 0 Å². The molecule has 224 valence electrons. The van der Waals surface area contributed by atoms with Gasteiger partial charge in [0.2, 0.25) is 18.6 Å². The minimum atomic E-state index is -1.08. The predicted octanol–water partition coefficient (Wildman–Crippen LogP) is 3.33. The molecule has 12 nitrogen and oxygen atoms in total. The van der Waals surface area contributed by atoms with Crippen molar-refractivity contribution >= 4 is 22.8 Å². The maximum absolute atomic E-state index is 14.2. The zero-order valence-corrected chi connectivity index (χ0v) is 23.8. The second-order valence-corrected chi connectivity index (χ2v) is 10.4. The van der Waals surface area contributed by atoms with Gasteiger partial charge in [-0.25, -0.2) is 4.68 Å². The average Bonchev–Trinajstić information content (AvgIpc) is 3.79. The normalized spacial score (nSPS) is 16.3. The van der Waals surface area contributed by atoms with Crippen molar-refractivity contribution in [1.29, 1.82) is 0 Å². The minimum Gasteiger partial charge on any atom is -0.504 e. The summed E-state index contributed by atoms with van der Waals surface area (Å²) in [7, 11) is 0. The van der Waals surface area contributed by atoms with Crippen LogP contribution < -0.4 is 19.5 Å². The van der Waals surface area contributed by atoms with E-state index in [4.69, 9.17) is 18.9 Å². The number of hydrogen-bond donors (Lipinski definition) is 2. The Kier molecular flexibility index (Phi) is 8.27. The topological polar surface area (TPSA) is 137 Å². The van der Waals surface area contributed by atoms with Gasteiger partial charge < -0.3 is 34.3 Å². The lowest BCUT2D eigenvalue weighted by atomic mass is 10.0. The minimum absolute atomic E-state index is 0.0631. The van der Waals surface area contributed by atoms with Crippen LogP contribution in [0.15, 0.2) is 60.7 Å². The molecular formula is C31H33N5O7. The molecule has 3 aromatic carbocycles. The van der Waals surface area contributed by atoms with E-state index < -0.39 is 6.04 Å². The molecule has 4 aromatic rings. The summed E-state index contributed by atoms with van der Waals surface area (Å²) in [5, 5.41) is 21.8. The molecule has 1 aromatic heterocycles. The summed E-state index contributed by atoms with van der Waals surface area (Å²) in [4.78, 5) is 29.8. The summed E-state index contributed by atoms with van der Waals surface area (Å²) in [6, 6.07) is 16.4. The Morgan fingerprint density at radius 3 is 2.84 bits per heavy atom. The lowest BCUT2D eigenvalue weighted by Gasteiger charge is -2.32. The Morgan fingerprint density at radius 1 is 1.14 bits per heavy atom. The Hall–Kier alpha value is -4.84. The first-order valence-corrected chi connectivity index (χ1v) is 14.3. The largest absolute Gasteiger partial charge is 0.504 e. The van der Waals surface area contributed by atoms with E-state index in [9.17, 15) is 14.7 Å². The zero-order chi connectivity index (χ0) is 29.8. The highest BCUT2D eigenvalue weighted by molar-refractivity contribution is 5.89. The molecule has 3 heterocycles. The molecule has 12 heteroatoms. The first-order chi connectivity index (χ1) is 21.0. The van der Waals surface area contributed by atoms with Crippen molar-refractivity contribution in [2.75, 3.05) is 26.6 Å². The number of hydrogen-bond acceptors (Lipinski definition) is 9. The number of carbonyl (C=O) groups is 2. The molecule has 0 unspecified atom stereocenters. The molecule has 2 amide bonds. The molecule has 2 N–H and O–H groups in total. The molecule has 6 rings (SSSR count). The Balaban J connectivity index is 1.38. The molecule has 0 radical (unpaired) electrons. The Labute approximate surface area is 248 Å². The molecule has 2 atom stereocenters. The number of nitrogens with zero attached hydrogens (tertiary/aromatic N) is 4. The molecule has 1 saturated heterocycles. The van der Waals surface area contributed by atoms with E-state index in [0.29, 0.717) is 47.9 Å². The number of rotatable bonds is 11. The number of phenols is 1. The molecular weight excluding hydrogens is 554 g/mol. The average molecular weight is 588 g/mol. The third-order valence-corrected chi connectivity index (χ3v) is 7.50. The summed E-state index contributed by atoms with van der Waals surface area (Å²) in [6.07, 6.45) is 1.68. The molecule has 43 heavy (non-hydrogen) atoms. The van der Waals surface area contributed by atoms with Crippen molar-refractivity contribution in [3.8, 4) is 23.0 Å². The number of fused-ring (bicyclic) bond motifs is 2. The van der Waals surface area contributed by atoms with Crippen LogP contribution in [-0.4, -0.2) is 69.5 Å². The first-order valence-electron chi connectivity index (χ1n) is 14.3. The Morgan fingerprint density at radius 2 is 2.00 bits per heavy atom. The summed E-state index contributed by atoms with van der Waals surface area (Å²) in [5.74, 6) is 0.579. The molecule has 2 aliphatic rings. The van der Waals surface area contributed by atoms with Crippen LogP contribution in [0.4, 0.5) is 0 Å². The van der Waals surface area contributed by atoms with E-state index in [1.165, 1.54) is 15.6 Å². The van der Waals surface area contributed by atoms with Gasteiger partial charge in [0.05, 0.1) is 18.2 Å². The van der Waals surface area contributed by atoms with Gasteiger partial charge in [0.15, 0.2) is 23.0 Å². The number of phenolic OH excluding ortho intramolecular Hbond substituents is 1. The number of amides is 2. The highest BCUT2D eigenvalue weighted by Gasteiger charge is 2.34. The second-order valence-electron chi connectivity index (χ2n) is 10.4. The maximum atomic E-state index is 14.2. The van der Waals surface area contributed by atoms with Gasteiger partial charge in [-0.3, -0.25) is 9.59 Å². The van der Waals surface area contributed by atoms with Gasteiger partial charge in [0, 0.05) is 19.7 Å². The lowest BCUT2D eigenvalue weighted by Crippen LogP contribution is -2.46. The molecule has 0 saturated carbocycles. The van der Waals surface area contributed by atoms with E-state index >= 15 is 0 Å². The van der Waals surface area contributed by atoms with Gasteiger partial charge in [-0.05, 0) is 67.3 Å². The van der Waals surface area contributed by atoms with Crippen LogP contribution in [0.5, 0.6) is 23.0 Å². The van der Waals surface area contributed by atoms with E-state index in [2.05, 4.69) is 15.6 Å². The summed E-state index contributed by atoms with van der Waals surface area (Å²) < 4.78 is 23.9. The number of nitrogens with one attached hydrogen (secondary N) is 1. The van der Waals surface area contributed by atoms with Crippen molar-refractivity contribution in [2.24, 2.45) is 0 Å². The number of carbonyl (C=O) groups excluding carboxylic acids is 2. The molecule has 2 aliphatic heterocycles. The number of benzene rings is 3. The third-order valence-electron chi connectivity index (χ3n) is 7.50. The standard InChI is InChI=1S/C31H33N5O7/c1-2-40-27-15-21(10-11-25(27)37)30(31(39)32-16-22-6-5-13-41-22)35(17-20-9-12-26-28(14-20)43-19-42-26)29(38)18-36-24-8-4-3-7-23(24)33-34-36/h3-4,7-12,14-15,22,30,37H,2,5-6,13,16-19H2,1H3,(H,32,39)/t22-,30-/m1/s1. The van der Waals surface area contributed by atoms with Gasteiger partial charge in [-0.2, -0.15) is 0 Å². The summed E-state index contributed by atoms with van der Waals surface area (Å²) in [5.41, 5.74) is 2.57. The van der Waals surface area contributed by atoms with Gasteiger partial charge in [0.1, 0.15) is 18.1 Å². The highest BCUT2D eigenvalue weighted by Crippen LogP contribution is 2.36. The Bertz CT molecular complexity index is 1620. The zero-order valence-electron chi connectivity index (χ0n) is 23.8. The van der Waals surface area contributed by atoms with Gasteiger partial charge in [-0.15, -0.1) is 5.10 Å². The number of aromatic nitrogens is 3. The number of para-hydroxylation sites is 1. The number of ether oxygens (including phenoxy) is 4. The van der Waals surface area contributed by atoms with Crippen LogP contribution >= 0.6 is 0 Å². The van der Waals surface area contributed by atoms with Crippen LogP contribution in [0.3, 0.4) is 0 Å². The fourth-order valence-electron chi connectivity index (χ4n) is 5.37. The lowest BCUT2D eigenvalue weighted by molar-refractivity contribution is -0.142. The number of aromatic hydroxyl groups is 1. The molecule has 0 bridgehead atoms. The van der Waals surface area contributed by atoms with Crippen LogP contribution in [0.25, 0.3) is 11.0 Å². The van der Waals surface area contributed by atoms with Crippen LogP contribution in [-0.2, 0) is 27.4 Å². The third kappa shape index (κ3) is 6.19. The van der Waals surface area contributed by atoms with E-state index in [1.54, 1.807) is 31.2 Å². The molecule has 0 aliphatic carbocycles.